The molecule has 0 aromatic carbocycles. The van der Waals surface area contributed by atoms with E-state index in [1.165, 1.54) is 18.3 Å². The highest BCUT2D eigenvalue weighted by atomic mass is 32.1. The topological polar surface area (TPSA) is 109 Å². The number of carbonyl (C=O) groups is 1. The number of carboxylic acid groups (broad SMARTS) is 1. The second kappa shape index (κ2) is 6.46. The second-order valence-electron chi connectivity index (χ2n) is 5.01. The number of aromatic carboxylic acids is 1. The highest BCUT2D eigenvalue weighted by Crippen LogP contribution is 2.31. The van der Waals surface area contributed by atoms with E-state index in [9.17, 15) is 14.3 Å². The van der Waals surface area contributed by atoms with Crippen LogP contribution in [0.1, 0.15) is 32.1 Å². The molecule has 0 saturated heterocycles. The molecule has 24 heavy (non-hydrogen) atoms. The van der Waals surface area contributed by atoms with E-state index in [2.05, 4.69) is 15.1 Å². The van der Waals surface area contributed by atoms with Gasteiger partial charge >= 0.3 is 5.97 Å². The first-order valence-electron chi connectivity index (χ1n) is 6.90. The first-order valence-corrected chi connectivity index (χ1v) is 7.71. The Balaban J connectivity index is 1.89. The number of carboxylic acids is 1. The monoisotopic (exact) mass is 349 g/mol. The van der Waals surface area contributed by atoms with E-state index in [1.54, 1.807) is 6.92 Å². The van der Waals surface area contributed by atoms with Crippen LogP contribution in [0.15, 0.2) is 29.0 Å². The molecule has 0 spiro atoms. The average Bonchev–Trinajstić information content (AvgIpc) is 3.15. The van der Waals surface area contributed by atoms with Gasteiger partial charge in [0, 0.05) is 6.42 Å². The van der Waals surface area contributed by atoms with Crippen molar-refractivity contribution in [1.29, 1.82) is 0 Å². The van der Waals surface area contributed by atoms with Crippen LogP contribution in [-0.2, 0) is 6.42 Å². The third kappa shape index (κ3) is 3.17. The predicted octanol–water partition coefficient (Wildman–Crippen LogP) is 2.61. The first kappa shape index (κ1) is 16.2. The lowest BCUT2D eigenvalue weighted by atomic mass is 10.0. The fraction of sp³-hybridized carbons (Fsp3) is 0.200. The Morgan fingerprint density at radius 2 is 2.17 bits per heavy atom. The zero-order valence-corrected chi connectivity index (χ0v) is 13.2. The van der Waals surface area contributed by atoms with Gasteiger partial charge in [-0.25, -0.2) is 14.2 Å². The Bertz CT molecular complexity index is 875. The van der Waals surface area contributed by atoms with Crippen molar-refractivity contribution in [3.05, 3.63) is 51.6 Å². The van der Waals surface area contributed by atoms with Gasteiger partial charge in [0.25, 0.3) is 0 Å². The molecule has 1 unspecified atom stereocenters. The number of rotatable bonds is 5. The van der Waals surface area contributed by atoms with Crippen molar-refractivity contribution in [2.45, 2.75) is 19.4 Å². The van der Waals surface area contributed by atoms with Gasteiger partial charge in [-0.15, -0.1) is 11.3 Å². The van der Waals surface area contributed by atoms with E-state index in [-0.39, 0.29) is 11.3 Å². The summed E-state index contributed by atoms with van der Waals surface area (Å²) in [6, 6.07) is 2.68. The summed E-state index contributed by atoms with van der Waals surface area (Å²) in [5.41, 5.74) is 1.10. The van der Waals surface area contributed by atoms with Crippen LogP contribution in [0.2, 0.25) is 0 Å². The molecule has 124 valence electrons. The van der Waals surface area contributed by atoms with E-state index in [1.807, 2.05) is 0 Å². The van der Waals surface area contributed by atoms with Crippen LogP contribution in [0.3, 0.4) is 0 Å². The number of aliphatic hydroxyl groups is 1. The van der Waals surface area contributed by atoms with E-state index in [0.717, 1.165) is 17.5 Å². The summed E-state index contributed by atoms with van der Waals surface area (Å²) < 4.78 is 18.1. The molecule has 2 N–H and O–H groups in total. The molecule has 9 heteroatoms. The number of halogens is 1. The maximum absolute atomic E-state index is 13.0. The number of pyridine rings is 1. The summed E-state index contributed by atoms with van der Waals surface area (Å²) in [5.74, 6) is -1.14. The van der Waals surface area contributed by atoms with Gasteiger partial charge < -0.3 is 14.7 Å². The second-order valence-corrected chi connectivity index (χ2v) is 6.12. The number of hydrogen-bond acceptors (Lipinski definition) is 7. The average molecular weight is 349 g/mol. The van der Waals surface area contributed by atoms with Crippen molar-refractivity contribution >= 4 is 17.3 Å². The number of thiazole rings is 1. The van der Waals surface area contributed by atoms with Crippen LogP contribution in [-0.4, -0.2) is 31.3 Å². The van der Waals surface area contributed by atoms with Crippen molar-refractivity contribution in [3.63, 3.8) is 0 Å². The van der Waals surface area contributed by atoms with E-state index < -0.39 is 17.9 Å². The zero-order valence-electron chi connectivity index (χ0n) is 12.4. The Hall–Kier alpha value is -2.65. The number of nitrogens with zero attached hydrogens (tertiary/aromatic N) is 3. The zero-order chi connectivity index (χ0) is 17.3. The summed E-state index contributed by atoms with van der Waals surface area (Å²) in [6.45, 7) is 1.64. The molecule has 0 aliphatic carbocycles. The van der Waals surface area contributed by atoms with Gasteiger partial charge in [0.15, 0.2) is 0 Å². The highest BCUT2D eigenvalue weighted by molar-refractivity contribution is 7.13. The Labute approximate surface area is 139 Å². The molecule has 0 saturated carbocycles. The molecule has 7 nitrogen and oxygen atoms in total. The van der Waals surface area contributed by atoms with E-state index >= 15 is 0 Å². The molecule has 0 radical (unpaired) electrons. The van der Waals surface area contributed by atoms with Crippen molar-refractivity contribution in [3.8, 4) is 11.4 Å². The van der Waals surface area contributed by atoms with Gasteiger partial charge in [0.2, 0.25) is 0 Å². The first-order chi connectivity index (χ1) is 11.5. The van der Waals surface area contributed by atoms with Crippen LogP contribution in [0, 0.1) is 12.7 Å². The van der Waals surface area contributed by atoms with Gasteiger partial charge in [-0.3, -0.25) is 4.98 Å². The van der Waals surface area contributed by atoms with Crippen molar-refractivity contribution in [2.75, 3.05) is 0 Å². The van der Waals surface area contributed by atoms with Gasteiger partial charge in [-0.2, -0.15) is 0 Å². The maximum Gasteiger partial charge on any atom is 0.347 e. The number of hydrogen-bond donors (Lipinski definition) is 2. The van der Waals surface area contributed by atoms with E-state index in [4.69, 9.17) is 9.63 Å². The third-order valence-corrected chi connectivity index (χ3v) is 4.35. The summed E-state index contributed by atoms with van der Waals surface area (Å²) in [5, 5.41) is 23.8. The lowest BCUT2D eigenvalue weighted by Gasteiger charge is -2.09. The number of aromatic nitrogens is 3. The molecular formula is C15H12FN3O4S. The van der Waals surface area contributed by atoms with Crippen molar-refractivity contribution in [2.24, 2.45) is 0 Å². The molecule has 3 rings (SSSR count). The van der Waals surface area contributed by atoms with Gasteiger partial charge in [-0.1, -0.05) is 5.16 Å². The van der Waals surface area contributed by atoms with Crippen molar-refractivity contribution < 1.29 is 23.9 Å². The predicted molar refractivity (Wildman–Crippen MR) is 82.2 cm³/mol. The van der Waals surface area contributed by atoms with E-state index in [0.29, 0.717) is 27.7 Å². The number of aryl methyl sites for hydroxylation is 1. The Morgan fingerprint density at radius 3 is 2.79 bits per heavy atom. The molecule has 0 aliphatic heterocycles. The molecule has 0 aliphatic rings. The maximum atomic E-state index is 13.0. The molecule has 1 atom stereocenters. The van der Waals surface area contributed by atoms with Crippen LogP contribution >= 0.6 is 11.3 Å². The molecule has 3 aromatic rings. The summed E-state index contributed by atoms with van der Waals surface area (Å²) >= 11 is 0.989. The summed E-state index contributed by atoms with van der Waals surface area (Å²) in [6.07, 6.45) is 1.40. The van der Waals surface area contributed by atoms with Crippen molar-refractivity contribution in [1.82, 2.24) is 15.1 Å². The lowest BCUT2D eigenvalue weighted by Crippen LogP contribution is -2.04. The quantitative estimate of drug-likeness (QED) is 0.728. The van der Waals surface area contributed by atoms with Crippen LogP contribution < -0.4 is 0 Å². The van der Waals surface area contributed by atoms with Gasteiger partial charge in [0.1, 0.15) is 22.1 Å². The van der Waals surface area contributed by atoms with Gasteiger partial charge in [-0.05, 0) is 19.1 Å². The largest absolute Gasteiger partial charge is 0.477 e. The van der Waals surface area contributed by atoms with Crippen LogP contribution in [0.25, 0.3) is 11.4 Å². The highest BCUT2D eigenvalue weighted by Gasteiger charge is 2.24. The SMILES string of the molecule is Cc1onc(-c2ccc(F)cn2)c1C(O)Cc1ncc(C(=O)O)s1. The minimum atomic E-state index is -1.06. The molecule has 0 bridgehead atoms. The molecule has 3 aromatic heterocycles. The van der Waals surface area contributed by atoms with Crippen LogP contribution in [0.4, 0.5) is 4.39 Å². The molecule has 0 amide bonds. The molecular weight excluding hydrogens is 337 g/mol. The minimum Gasteiger partial charge on any atom is -0.477 e. The normalized spacial score (nSPS) is 12.3. The summed E-state index contributed by atoms with van der Waals surface area (Å²) in [4.78, 5) is 18.9. The molecule has 3 heterocycles. The Morgan fingerprint density at radius 1 is 1.38 bits per heavy atom. The third-order valence-electron chi connectivity index (χ3n) is 3.34. The lowest BCUT2D eigenvalue weighted by molar-refractivity contribution is 0.0702. The number of aliphatic hydroxyl groups excluding tert-OH is 1. The van der Waals surface area contributed by atoms with Crippen LogP contribution in [0.5, 0.6) is 0 Å². The fourth-order valence-corrected chi connectivity index (χ4v) is 3.04. The summed E-state index contributed by atoms with van der Waals surface area (Å²) in [7, 11) is 0. The smallest absolute Gasteiger partial charge is 0.347 e. The Kier molecular flexibility index (Phi) is 4.36. The fourth-order valence-electron chi connectivity index (χ4n) is 2.24. The molecule has 0 fully saturated rings. The standard InChI is InChI=1S/C15H12FN3O4S/c1-7-13(10(20)4-12-18-6-11(24-12)15(21)22)14(19-23-7)9-3-2-8(16)5-17-9/h2-3,5-6,10,20H,4H2,1H3,(H,21,22). The minimum absolute atomic E-state index is 0.0969. The van der Waals surface area contributed by atoms with Gasteiger partial charge in [0.05, 0.1) is 34.8 Å².